The Hall–Kier alpha value is -2.08. The van der Waals surface area contributed by atoms with Gasteiger partial charge < -0.3 is 15.0 Å². The summed E-state index contributed by atoms with van der Waals surface area (Å²) in [5.74, 6) is 0.725. The van der Waals surface area contributed by atoms with Gasteiger partial charge in [0.05, 0.1) is 6.61 Å². The average molecular weight is 305 g/mol. The quantitative estimate of drug-likeness (QED) is 0.607. The van der Waals surface area contributed by atoms with E-state index in [9.17, 15) is 9.59 Å². The molecular weight excluding hydrogens is 282 g/mol. The first-order chi connectivity index (χ1) is 10.7. The molecule has 1 aliphatic heterocycles. The SMILES string of the molecule is CC(=O)Nc1ccc(OCCCN2CCN(C=O)CC2)cc1. The molecule has 0 aromatic heterocycles. The Morgan fingerprint density at radius 1 is 1.23 bits per heavy atom. The third-order valence-electron chi connectivity index (χ3n) is 3.62. The Kier molecular flexibility index (Phi) is 6.21. The van der Waals surface area contributed by atoms with Crippen LogP contribution in [0.25, 0.3) is 0 Å². The number of benzene rings is 1. The average Bonchev–Trinajstić information content (AvgIpc) is 2.53. The van der Waals surface area contributed by atoms with Crippen molar-refractivity contribution in [1.29, 1.82) is 0 Å². The van der Waals surface area contributed by atoms with Gasteiger partial charge in [-0.1, -0.05) is 0 Å². The Morgan fingerprint density at radius 3 is 2.50 bits per heavy atom. The van der Waals surface area contributed by atoms with Gasteiger partial charge in [-0.2, -0.15) is 0 Å². The summed E-state index contributed by atoms with van der Waals surface area (Å²) in [5.41, 5.74) is 0.771. The fraction of sp³-hybridized carbons (Fsp3) is 0.500. The maximum Gasteiger partial charge on any atom is 0.221 e. The molecule has 0 radical (unpaired) electrons. The van der Waals surface area contributed by atoms with Crippen molar-refractivity contribution in [2.45, 2.75) is 13.3 Å². The van der Waals surface area contributed by atoms with Gasteiger partial charge in [0.25, 0.3) is 0 Å². The van der Waals surface area contributed by atoms with Crippen molar-refractivity contribution in [3.63, 3.8) is 0 Å². The number of carbonyl (C=O) groups is 2. The minimum Gasteiger partial charge on any atom is -0.494 e. The van der Waals surface area contributed by atoms with Crippen LogP contribution in [0, 0.1) is 0 Å². The molecule has 0 spiro atoms. The summed E-state index contributed by atoms with van der Waals surface area (Å²) in [4.78, 5) is 25.7. The van der Waals surface area contributed by atoms with Crippen LogP contribution in [-0.4, -0.2) is 61.4 Å². The number of ether oxygens (including phenoxy) is 1. The van der Waals surface area contributed by atoms with Gasteiger partial charge in [-0.15, -0.1) is 0 Å². The lowest BCUT2D eigenvalue weighted by Crippen LogP contribution is -2.46. The lowest BCUT2D eigenvalue weighted by Gasteiger charge is -2.32. The largest absolute Gasteiger partial charge is 0.494 e. The van der Waals surface area contributed by atoms with Crippen molar-refractivity contribution >= 4 is 18.0 Å². The number of piperazine rings is 1. The van der Waals surface area contributed by atoms with Gasteiger partial charge in [0.15, 0.2) is 0 Å². The summed E-state index contributed by atoms with van der Waals surface area (Å²) in [5, 5.41) is 2.72. The van der Waals surface area contributed by atoms with Crippen LogP contribution < -0.4 is 10.1 Å². The molecule has 1 aromatic rings. The van der Waals surface area contributed by atoms with Gasteiger partial charge in [0.2, 0.25) is 12.3 Å². The molecule has 1 heterocycles. The summed E-state index contributed by atoms with van der Waals surface area (Å²) in [7, 11) is 0. The predicted octanol–water partition coefficient (Wildman–Crippen LogP) is 1.19. The van der Waals surface area contributed by atoms with E-state index in [0.29, 0.717) is 6.61 Å². The number of rotatable bonds is 7. The summed E-state index contributed by atoms with van der Waals surface area (Å²) in [6.45, 7) is 6.63. The zero-order valence-electron chi connectivity index (χ0n) is 13.0. The third-order valence-corrected chi connectivity index (χ3v) is 3.62. The van der Waals surface area contributed by atoms with Crippen molar-refractivity contribution in [3.05, 3.63) is 24.3 Å². The molecule has 0 bridgehead atoms. The predicted molar refractivity (Wildman–Crippen MR) is 84.9 cm³/mol. The highest BCUT2D eigenvalue weighted by atomic mass is 16.5. The normalized spacial score (nSPS) is 15.4. The van der Waals surface area contributed by atoms with E-state index in [2.05, 4.69) is 10.2 Å². The molecule has 22 heavy (non-hydrogen) atoms. The van der Waals surface area contributed by atoms with E-state index in [1.54, 1.807) is 0 Å². The molecule has 1 saturated heterocycles. The molecule has 0 aliphatic carbocycles. The Balaban J connectivity index is 1.62. The van der Waals surface area contributed by atoms with Crippen LogP contribution >= 0.6 is 0 Å². The van der Waals surface area contributed by atoms with E-state index in [0.717, 1.165) is 57.0 Å². The molecule has 2 amide bonds. The number of amides is 2. The van der Waals surface area contributed by atoms with Gasteiger partial charge >= 0.3 is 0 Å². The Labute approximate surface area is 131 Å². The third kappa shape index (κ3) is 5.37. The van der Waals surface area contributed by atoms with Gasteiger partial charge in [-0.3, -0.25) is 14.5 Å². The molecule has 1 aliphatic rings. The smallest absolute Gasteiger partial charge is 0.221 e. The summed E-state index contributed by atoms with van der Waals surface area (Å²) >= 11 is 0. The van der Waals surface area contributed by atoms with E-state index in [4.69, 9.17) is 4.74 Å². The lowest BCUT2D eigenvalue weighted by molar-refractivity contribution is -0.119. The van der Waals surface area contributed by atoms with E-state index < -0.39 is 0 Å². The van der Waals surface area contributed by atoms with E-state index >= 15 is 0 Å². The number of anilines is 1. The number of hydrogen-bond donors (Lipinski definition) is 1. The fourth-order valence-corrected chi connectivity index (χ4v) is 2.41. The van der Waals surface area contributed by atoms with Crippen LogP contribution in [0.3, 0.4) is 0 Å². The summed E-state index contributed by atoms with van der Waals surface area (Å²) in [6, 6.07) is 7.37. The molecule has 1 fully saturated rings. The molecular formula is C16H23N3O3. The number of nitrogens with zero attached hydrogens (tertiary/aromatic N) is 2. The molecule has 120 valence electrons. The van der Waals surface area contributed by atoms with Crippen molar-refractivity contribution in [1.82, 2.24) is 9.80 Å². The van der Waals surface area contributed by atoms with Crippen molar-refractivity contribution < 1.29 is 14.3 Å². The van der Waals surface area contributed by atoms with Crippen LogP contribution in [0.4, 0.5) is 5.69 Å². The first-order valence-corrected chi connectivity index (χ1v) is 7.59. The van der Waals surface area contributed by atoms with Crippen LogP contribution in [0.2, 0.25) is 0 Å². The van der Waals surface area contributed by atoms with E-state index in [1.165, 1.54) is 6.92 Å². The Morgan fingerprint density at radius 2 is 1.91 bits per heavy atom. The molecule has 1 N–H and O–H groups in total. The van der Waals surface area contributed by atoms with Gasteiger partial charge in [0.1, 0.15) is 5.75 Å². The van der Waals surface area contributed by atoms with Crippen LogP contribution in [0.5, 0.6) is 5.75 Å². The summed E-state index contributed by atoms with van der Waals surface area (Å²) in [6.07, 6.45) is 1.87. The maximum atomic E-state index is 10.9. The molecule has 6 heteroatoms. The fourth-order valence-electron chi connectivity index (χ4n) is 2.41. The van der Waals surface area contributed by atoms with Crippen LogP contribution in [0.15, 0.2) is 24.3 Å². The van der Waals surface area contributed by atoms with Gasteiger partial charge in [-0.05, 0) is 30.7 Å². The zero-order chi connectivity index (χ0) is 15.8. The van der Waals surface area contributed by atoms with Gasteiger partial charge in [-0.25, -0.2) is 0 Å². The van der Waals surface area contributed by atoms with Crippen molar-refractivity contribution in [2.24, 2.45) is 0 Å². The van der Waals surface area contributed by atoms with Crippen molar-refractivity contribution in [3.8, 4) is 5.75 Å². The monoisotopic (exact) mass is 305 g/mol. The standard InChI is InChI=1S/C16H23N3O3/c1-14(21)17-15-3-5-16(6-4-15)22-12-2-7-18-8-10-19(13-20)11-9-18/h3-6,13H,2,7-12H2,1H3,(H,17,21). The number of carbonyl (C=O) groups excluding carboxylic acids is 2. The van der Waals surface area contributed by atoms with Crippen LogP contribution in [0.1, 0.15) is 13.3 Å². The maximum absolute atomic E-state index is 10.9. The number of nitrogens with one attached hydrogen (secondary N) is 1. The molecule has 1 aromatic carbocycles. The zero-order valence-corrected chi connectivity index (χ0v) is 13.0. The lowest BCUT2D eigenvalue weighted by atomic mass is 10.3. The molecule has 6 nitrogen and oxygen atoms in total. The first-order valence-electron chi connectivity index (χ1n) is 7.59. The first kappa shape index (κ1) is 16.3. The Bertz CT molecular complexity index is 482. The minimum absolute atomic E-state index is 0.0802. The van der Waals surface area contributed by atoms with Crippen molar-refractivity contribution in [2.75, 3.05) is 44.6 Å². The molecule has 0 atom stereocenters. The van der Waals surface area contributed by atoms with E-state index in [1.807, 2.05) is 29.2 Å². The van der Waals surface area contributed by atoms with E-state index in [-0.39, 0.29) is 5.91 Å². The highest BCUT2D eigenvalue weighted by Gasteiger charge is 2.14. The molecule has 2 rings (SSSR count). The highest BCUT2D eigenvalue weighted by Crippen LogP contribution is 2.15. The second-order valence-electron chi connectivity index (χ2n) is 5.39. The number of hydrogen-bond acceptors (Lipinski definition) is 4. The van der Waals surface area contributed by atoms with Gasteiger partial charge in [0, 0.05) is 45.3 Å². The van der Waals surface area contributed by atoms with Crippen LogP contribution in [-0.2, 0) is 9.59 Å². The second-order valence-corrected chi connectivity index (χ2v) is 5.39. The second kappa shape index (κ2) is 8.38. The minimum atomic E-state index is -0.0802. The molecule has 0 saturated carbocycles. The highest BCUT2D eigenvalue weighted by molar-refractivity contribution is 5.88. The topological polar surface area (TPSA) is 61.9 Å². The molecule has 0 unspecified atom stereocenters. The summed E-state index contributed by atoms with van der Waals surface area (Å²) < 4.78 is 5.69.